The van der Waals surface area contributed by atoms with E-state index in [9.17, 15) is 9.18 Å². The van der Waals surface area contributed by atoms with Crippen LogP contribution in [0.4, 0.5) is 26.4 Å². The molecule has 1 aliphatic heterocycles. The number of aryl methyl sites for hydroxylation is 1. The van der Waals surface area contributed by atoms with E-state index in [1.54, 1.807) is 31.2 Å². The van der Waals surface area contributed by atoms with Crippen molar-refractivity contribution in [1.82, 2.24) is 10.2 Å². The van der Waals surface area contributed by atoms with E-state index in [4.69, 9.17) is 0 Å². The maximum atomic E-state index is 13.6. The molecular weight excluding hydrogens is 393 g/mol. The first kappa shape index (κ1) is 20.8. The SMILES string of the molecule is Cc1ccc(NC(=O)Nc2ccc(-c3ccc(N4CCCCCC4)nn3)cc2)cc1F. The molecule has 0 spiro atoms. The fourth-order valence-corrected chi connectivity index (χ4v) is 3.64. The lowest BCUT2D eigenvalue weighted by atomic mass is 10.1. The van der Waals surface area contributed by atoms with Gasteiger partial charge in [-0.1, -0.05) is 31.0 Å². The Kier molecular flexibility index (Phi) is 6.40. The molecular formula is C24H26FN5O. The van der Waals surface area contributed by atoms with Crippen LogP contribution < -0.4 is 15.5 Å². The highest BCUT2D eigenvalue weighted by Gasteiger charge is 2.12. The zero-order valence-electron chi connectivity index (χ0n) is 17.6. The summed E-state index contributed by atoms with van der Waals surface area (Å²) in [5.74, 6) is 0.568. The van der Waals surface area contributed by atoms with E-state index in [0.29, 0.717) is 16.9 Å². The van der Waals surface area contributed by atoms with Crippen LogP contribution in [0.3, 0.4) is 0 Å². The monoisotopic (exact) mass is 419 g/mol. The minimum absolute atomic E-state index is 0.356. The van der Waals surface area contributed by atoms with E-state index in [2.05, 4.69) is 25.7 Å². The summed E-state index contributed by atoms with van der Waals surface area (Å²) < 4.78 is 13.6. The first-order valence-electron chi connectivity index (χ1n) is 10.6. The molecule has 1 aliphatic rings. The molecule has 1 fully saturated rings. The van der Waals surface area contributed by atoms with E-state index < -0.39 is 6.03 Å². The standard InChI is InChI=1S/C24H26FN5O/c1-17-6-9-20(16-21(17)25)27-24(31)26-19-10-7-18(8-11-19)22-12-13-23(29-28-22)30-14-4-2-3-5-15-30/h6-13,16H,2-5,14-15H2,1H3,(H2,26,27,31). The van der Waals surface area contributed by atoms with Gasteiger partial charge in [0.1, 0.15) is 5.82 Å². The normalized spacial score (nSPS) is 14.1. The molecule has 1 saturated heterocycles. The number of benzene rings is 2. The van der Waals surface area contributed by atoms with Gasteiger partial charge in [0.05, 0.1) is 5.69 Å². The van der Waals surface area contributed by atoms with Crippen LogP contribution in [0.2, 0.25) is 0 Å². The third kappa shape index (κ3) is 5.36. The van der Waals surface area contributed by atoms with Crippen molar-refractivity contribution in [3.8, 4) is 11.3 Å². The number of aromatic nitrogens is 2. The molecule has 2 amide bonds. The number of rotatable bonds is 4. The Morgan fingerprint density at radius 2 is 1.55 bits per heavy atom. The molecule has 2 heterocycles. The van der Waals surface area contributed by atoms with Gasteiger partial charge in [-0.25, -0.2) is 9.18 Å². The topological polar surface area (TPSA) is 70.2 Å². The van der Waals surface area contributed by atoms with Crippen LogP contribution in [-0.4, -0.2) is 29.3 Å². The molecule has 3 aromatic rings. The van der Waals surface area contributed by atoms with Gasteiger partial charge in [-0.2, -0.15) is 0 Å². The van der Waals surface area contributed by atoms with E-state index in [-0.39, 0.29) is 5.82 Å². The molecule has 0 atom stereocenters. The zero-order valence-corrected chi connectivity index (χ0v) is 17.6. The average Bonchev–Trinajstić information content (AvgIpc) is 3.07. The Morgan fingerprint density at radius 1 is 0.871 bits per heavy atom. The fraction of sp³-hybridized carbons (Fsp3) is 0.292. The molecule has 1 aromatic heterocycles. The lowest BCUT2D eigenvalue weighted by molar-refractivity contribution is 0.262. The second kappa shape index (κ2) is 9.55. The Balaban J connectivity index is 1.37. The molecule has 0 aliphatic carbocycles. The number of nitrogens with one attached hydrogen (secondary N) is 2. The van der Waals surface area contributed by atoms with Gasteiger partial charge in [-0.15, -0.1) is 10.2 Å². The van der Waals surface area contributed by atoms with Gasteiger partial charge in [0.15, 0.2) is 5.82 Å². The number of anilines is 3. The van der Waals surface area contributed by atoms with Gasteiger partial charge in [-0.3, -0.25) is 0 Å². The number of urea groups is 1. The lowest BCUT2D eigenvalue weighted by Gasteiger charge is -2.20. The summed E-state index contributed by atoms with van der Waals surface area (Å²) in [7, 11) is 0. The molecule has 7 heteroatoms. The van der Waals surface area contributed by atoms with Crippen LogP contribution in [0.5, 0.6) is 0 Å². The minimum Gasteiger partial charge on any atom is -0.355 e. The maximum absolute atomic E-state index is 13.6. The smallest absolute Gasteiger partial charge is 0.323 e. The van der Waals surface area contributed by atoms with Gasteiger partial charge in [-0.05, 0) is 61.7 Å². The summed E-state index contributed by atoms with van der Waals surface area (Å²) in [4.78, 5) is 14.5. The third-order valence-electron chi connectivity index (χ3n) is 5.45. The molecule has 0 saturated carbocycles. The van der Waals surface area contributed by atoms with Crippen molar-refractivity contribution in [2.24, 2.45) is 0 Å². The molecule has 160 valence electrons. The summed E-state index contributed by atoms with van der Waals surface area (Å²) in [5.41, 5.74) is 3.26. The number of hydrogen-bond acceptors (Lipinski definition) is 4. The van der Waals surface area contributed by atoms with Gasteiger partial charge in [0.2, 0.25) is 0 Å². The van der Waals surface area contributed by atoms with Crippen molar-refractivity contribution in [2.45, 2.75) is 32.6 Å². The number of halogens is 1. The van der Waals surface area contributed by atoms with E-state index in [1.165, 1.54) is 31.7 Å². The number of carbonyl (C=O) groups is 1. The van der Waals surface area contributed by atoms with Gasteiger partial charge in [0, 0.05) is 30.0 Å². The molecule has 0 unspecified atom stereocenters. The Bertz CT molecular complexity index is 1030. The molecule has 6 nitrogen and oxygen atoms in total. The van der Waals surface area contributed by atoms with Crippen LogP contribution in [0.15, 0.2) is 54.6 Å². The summed E-state index contributed by atoms with van der Waals surface area (Å²) in [6.07, 6.45) is 4.96. The summed E-state index contributed by atoms with van der Waals surface area (Å²) in [6.45, 7) is 3.74. The van der Waals surface area contributed by atoms with Gasteiger partial charge >= 0.3 is 6.03 Å². The number of amides is 2. The molecule has 2 N–H and O–H groups in total. The van der Waals surface area contributed by atoms with Crippen molar-refractivity contribution in [3.63, 3.8) is 0 Å². The van der Waals surface area contributed by atoms with Gasteiger partial charge in [0.25, 0.3) is 0 Å². The second-order valence-electron chi connectivity index (χ2n) is 7.80. The Labute approximate surface area is 181 Å². The highest BCUT2D eigenvalue weighted by Crippen LogP contribution is 2.22. The lowest BCUT2D eigenvalue weighted by Crippen LogP contribution is -2.25. The number of hydrogen-bond donors (Lipinski definition) is 2. The van der Waals surface area contributed by atoms with Crippen molar-refractivity contribution in [3.05, 3.63) is 66.0 Å². The van der Waals surface area contributed by atoms with E-state index >= 15 is 0 Å². The highest BCUT2D eigenvalue weighted by atomic mass is 19.1. The molecule has 31 heavy (non-hydrogen) atoms. The van der Waals surface area contributed by atoms with Crippen molar-refractivity contribution >= 4 is 23.2 Å². The summed E-state index contributed by atoms with van der Waals surface area (Å²) in [6, 6.07) is 15.5. The summed E-state index contributed by atoms with van der Waals surface area (Å²) in [5, 5.41) is 14.2. The second-order valence-corrected chi connectivity index (χ2v) is 7.80. The zero-order chi connectivity index (χ0) is 21.6. The predicted octanol–water partition coefficient (Wildman–Crippen LogP) is 5.62. The molecule has 0 bridgehead atoms. The quantitative estimate of drug-likeness (QED) is 0.576. The van der Waals surface area contributed by atoms with Crippen molar-refractivity contribution in [2.75, 3.05) is 28.6 Å². The molecule has 4 rings (SSSR count). The summed E-state index contributed by atoms with van der Waals surface area (Å²) >= 11 is 0. The average molecular weight is 420 g/mol. The Hall–Kier alpha value is -3.48. The number of carbonyl (C=O) groups excluding carboxylic acids is 1. The van der Waals surface area contributed by atoms with Crippen LogP contribution in [0.1, 0.15) is 31.2 Å². The van der Waals surface area contributed by atoms with Crippen molar-refractivity contribution < 1.29 is 9.18 Å². The molecule has 2 aromatic carbocycles. The third-order valence-corrected chi connectivity index (χ3v) is 5.45. The molecule has 0 radical (unpaired) electrons. The Morgan fingerprint density at radius 3 is 2.19 bits per heavy atom. The van der Waals surface area contributed by atoms with Crippen LogP contribution in [0, 0.1) is 12.7 Å². The van der Waals surface area contributed by atoms with Crippen molar-refractivity contribution in [1.29, 1.82) is 0 Å². The van der Waals surface area contributed by atoms with Crippen LogP contribution in [0.25, 0.3) is 11.3 Å². The number of nitrogens with zero attached hydrogens (tertiary/aromatic N) is 3. The fourth-order valence-electron chi connectivity index (χ4n) is 3.64. The largest absolute Gasteiger partial charge is 0.355 e. The van der Waals surface area contributed by atoms with E-state index in [1.807, 2.05) is 24.3 Å². The van der Waals surface area contributed by atoms with Gasteiger partial charge < -0.3 is 15.5 Å². The van der Waals surface area contributed by atoms with Crippen LogP contribution in [-0.2, 0) is 0 Å². The minimum atomic E-state index is -0.433. The van der Waals surface area contributed by atoms with E-state index in [0.717, 1.165) is 30.2 Å². The highest BCUT2D eigenvalue weighted by molar-refractivity contribution is 5.99. The predicted molar refractivity (Wildman–Crippen MR) is 122 cm³/mol. The maximum Gasteiger partial charge on any atom is 0.323 e. The first-order valence-corrected chi connectivity index (χ1v) is 10.6. The first-order chi connectivity index (χ1) is 15.1. The van der Waals surface area contributed by atoms with Crippen LogP contribution >= 0.6 is 0 Å².